The molecule has 0 aromatic carbocycles. The summed E-state index contributed by atoms with van der Waals surface area (Å²) in [6.45, 7) is 3.76. The minimum atomic E-state index is -0.238. The zero-order chi connectivity index (χ0) is 14.8. The van der Waals surface area contributed by atoms with E-state index in [-0.39, 0.29) is 17.9 Å². The molecule has 3 fully saturated rings. The molecule has 2 aliphatic heterocycles. The Bertz CT molecular complexity index is 400. The van der Waals surface area contributed by atoms with Crippen LogP contribution in [-0.4, -0.2) is 60.9 Å². The van der Waals surface area contributed by atoms with Gasteiger partial charge < -0.3 is 15.1 Å². The van der Waals surface area contributed by atoms with Gasteiger partial charge in [0.1, 0.15) is 6.04 Å². The van der Waals surface area contributed by atoms with Gasteiger partial charge in [-0.3, -0.25) is 9.59 Å². The van der Waals surface area contributed by atoms with E-state index in [2.05, 4.69) is 17.3 Å². The molecule has 2 saturated heterocycles. The Hall–Kier alpha value is -1.10. The number of amides is 2. The van der Waals surface area contributed by atoms with Crippen LogP contribution in [0.5, 0.6) is 0 Å². The molecule has 1 saturated carbocycles. The number of carbonyl (C=O) groups excluding carboxylic acids is 2. The second-order valence-electron chi connectivity index (χ2n) is 6.99. The molecule has 2 heterocycles. The van der Waals surface area contributed by atoms with Crippen molar-refractivity contribution >= 4 is 11.8 Å². The highest BCUT2D eigenvalue weighted by Gasteiger charge is 2.40. The Labute approximate surface area is 127 Å². The van der Waals surface area contributed by atoms with Crippen molar-refractivity contribution in [3.63, 3.8) is 0 Å². The average Bonchev–Trinajstić information content (AvgIpc) is 3.30. The van der Waals surface area contributed by atoms with Gasteiger partial charge in [0.25, 0.3) is 0 Å². The van der Waals surface area contributed by atoms with Gasteiger partial charge in [-0.2, -0.15) is 0 Å². The molecule has 118 valence electrons. The first-order chi connectivity index (χ1) is 10.1. The van der Waals surface area contributed by atoms with E-state index in [0.29, 0.717) is 18.9 Å². The normalized spacial score (nSPS) is 29.4. The van der Waals surface area contributed by atoms with E-state index in [1.54, 1.807) is 0 Å². The third-order valence-electron chi connectivity index (χ3n) is 5.24. The molecule has 3 aliphatic rings. The third-order valence-corrected chi connectivity index (χ3v) is 5.24. The van der Waals surface area contributed by atoms with Crippen molar-refractivity contribution in [3.05, 3.63) is 0 Å². The fourth-order valence-electron chi connectivity index (χ4n) is 3.51. The first kappa shape index (κ1) is 14.8. The minimum Gasteiger partial charge on any atom is -0.344 e. The number of likely N-dealkylation sites (tertiary alicyclic amines) is 1. The summed E-state index contributed by atoms with van der Waals surface area (Å²) in [7, 11) is 2.17. The molecule has 0 aromatic rings. The highest BCUT2D eigenvalue weighted by atomic mass is 16.2. The first-order valence-corrected chi connectivity index (χ1v) is 8.40. The van der Waals surface area contributed by atoms with Gasteiger partial charge in [-0.1, -0.05) is 0 Å². The van der Waals surface area contributed by atoms with Crippen LogP contribution in [-0.2, 0) is 9.59 Å². The number of nitrogens with zero attached hydrogens (tertiary/aromatic N) is 2. The number of nitrogens with one attached hydrogen (secondary N) is 1. The van der Waals surface area contributed by atoms with Crippen LogP contribution in [0.4, 0.5) is 0 Å². The summed E-state index contributed by atoms with van der Waals surface area (Å²) in [5, 5.41) is 2.93. The van der Waals surface area contributed by atoms with Gasteiger partial charge in [0.15, 0.2) is 0 Å². The number of hydrogen-bond donors (Lipinski definition) is 1. The Morgan fingerprint density at radius 1 is 1.10 bits per heavy atom. The summed E-state index contributed by atoms with van der Waals surface area (Å²) < 4.78 is 0. The molecule has 0 bridgehead atoms. The van der Waals surface area contributed by atoms with Gasteiger partial charge in [-0.05, 0) is 64.1 Å². The Morgan fingerprint density at radius 2 is 1.81 bits per heavy atom. The lowest BCUT2D eigenvalue weighted by molar-refractivity contribution is -0.134. The minimum absolute atomic E-state index is 0.0436. The SMILES string of the molecule is CN1CCC(CCN2CCC(=O)NC(C3CC3)C2=O)CC1. The zero-order valence-electron chi connectivity index (χ0n) is 13.0. The first-order valence-electron chi connectivity index (χ1n) is 8.40. The highest BCUT2D eigenvalue weighted by Crippen LogP contribution is 2.34. The van der Waals surface area contributed by atoms with Crippen molar-refractivity contribution in [2.24, 2.45) is 11.8 Å². The highest BCUT2D eigenvalue weighted by molar-refractivity contribution is 5.90. The maximum Gasteiger partial charge on any atom is 0.245 e. The lowest BCUT2D eigenvalue weighted by Gasteiger charge is -2.31. The van der Waals surface area contributed by atoms with Crippen LogP contribution in [0.1, 0.15) is 38.5 Å². The standard InChI is InChI=1S/C16H27N3O2/c1-18-8-4-12(5-9-18)6-10-19-11-7-14(20)17-15(16(19)21)13-2-3-13/h12-13,15H,2-11H2,1H3,(H,17,20). The van der Waals surface area contributed by atoms with Crippen LogP contribution < -0.4 is 5.32 Å². The second kappa shape index (κ2) is 6.34. The van der Waals surface area contributed by atoms with E-state index in [9.17, 15) is 9.59 Å². The number of piperidine rings is 1. The van der Waals surface area contributed by atoms with Crippen molar-refractivity contribution in [1.29, 1.82) is 0 Å². The van der Waals surface area contributed by atoms with E-state index in [1.807, 2.05) is 4.90 Å². The maximum absolute atomic E-state index is 12.6. The van der Waals surface area contributed by atoms with Gasteiger partial charge in [0.2, 0.25) is 11.8 Å². The summed E-state index contributed by atoms with van der Waals surface area (Å²) in [4.78, 5) is 28.7. The monoisotopic (exact) mass is 293 g/mol. The molecule has 1 aliphatic carbocycles. The van der Waals surface area contributed by atoms with Crippen molar-refractivity contribution < 1.29 is 9.59 Å². The largest absolute Gasteiger partial charge is 0.344 e. The van der Waals surface area contributed by atoms with Crippen LogP contribution in [0.2, 0.25) is 0 Å². The molecule has 0 spiro atoms. The van der Waals surface area contributed by atoms with Crippen LogP contribution in [0, 0.1) is 11.8 Å². The molecule has 3 rings (SSSR count). The summed E-state index contributed by atoms with van der Waals surface area (Å²) in [5.41, 5.74) is 0. The Morgan fingerprint density at radius 3 is 2.48 bits per heavy atom. The van der Waals surface area contributed by atoms with Crippen molar-refractivity contribution in [2.45, 2.75) is 44.6 Å². The second-order valence-corrected chi connectivity index (χ2v) is 6.99. The van der Waals surface area contributed by atoms with E-state index >= 15 is 0 Å². The maximum atomic E-state index is 12.6. The molecule has 1 atom stereocenters. The van der Waals surface area contributed by atoms with Gasteiger partial charge in [-0.15, -0.1) is 0 Å². The molecule has 2 amide bonds. The predicted octanol–water partition coefficient (Wildman–Crippen LogP) is 0.845. The van der Waals surface area contributed by atoms with Crippen molar-refractivity contribution in [2.75, 3.05) is 33.2 Å². The molecule has 1 N–H and O–H groups in total. The zero-order valence-corrected chi connectivity index (χ0v) is 13.0. The fraction of sp³-hybridized carbons (Fsp3) is 0.875. The summed E-state index contributed by atoms with van der Waals surface area (Å²) in [5.74, 6) is 1.34. The molecule has 5 nitrogen and oxygen atoms in total. The van der Waals surface area contributed by atoms with Crippen LogP contribution >= 0.6 is 0 Å². The number of carbonyl (C=O) groups is 2. The Balaban J connectivity index is 1.53. The number of hydrogen-bond acceptors (Lipinski definition) is 3. The van der Waals surface area contributed by atoms with E-state index < -0.39 is 0 Å². The lowest BCUT2D eigenvalue weighted by atomic mass is 9.93. The van der Waals surface area contributed by atoms with Crippen molar-refractivity contribution in [3.8, 4) is 0 Å². The van der Waals surface area contributed by atoms with Gasteiger partial charge in [0, 0.05) is 19.5 Å². The average molecular weight is 293 g/mol. The molecular formula is C16H27N3O2. The van der Waals surface area contributed by atoms with E-state index in [0.717, 1.165) is 31.7 Å². The molecule has 0 aromatic heterocycles. The molecule has 1 unspecified atom stereocenters. The van der Waals surface area contributed by atoms with Crippen LogP contribution in [0.15, 0.2) is 0 Å². The molecule has 5 heteroatoms. The topological polar surface area (TPSA) is 52.6 Å². The van der Waals surface area contributed by atoms with Crippen molar-refractivity contribution in [1.82, 2.24) is 15.1 Å². The molecular weight excluding hydrogens is 266 g/mol. The van der Waals surface area contributed by atoms with Crippen LogP contribution in [0.25, 0.3) is 0 Å². The summed E-state index contributed by atoms with van der Waals surface area (Å²) in [6, 6.07) is -0.238. The molecule has 21 heavy (non-hydrogen) atoms. The van der Waals surface area contributed by atoms with Gasteiger partial charge >= 0.3 is 0 Å². The smallest absolute Gasteiger partial charge is 0.245 e. The fourth-order valence-corrected chi connectivity index (χ4v) is 3.51. The van der Waals surface area contributed by atoms with Gasteiger partial charge in [-0.25, -0.2) is 0 Å². The van der Waals surface area contributed by atoms with Gasteiger partial charge in [0.05, 0.1) is 0 Å². The quantitative estimate of drug-likeness (QED) is 0.836. The van der Waals surface area contributed by atoms with E-state index in [4.69, 9.17) is 0 Å². The molecule has 0 radical (unpaired) electrons. The lowest BCUT2D eigenvalue weighted by Crippen LogP contribution is -2.46. The predicted molar refractivity (Wildman–Crippen MR) is 80.7 cm³/mol. The summed E-state index contributed by atoms with van der Waals surface area (Å²) in [6.07, 6.45) is 6.19. The Kier molecular flexibility index (Phi) is 4.48. The third kappa shape index (κ3) is 3.76. The number of rotatable bonds is 4. The van der Waals surface area contributed by atoms with Crippen LogP contribution in [0.3, 0.4) is 0 Å². The summed E-state index contributed by atoms with van der Waals surface area (Å²) >= 11 is 0. The van der Waals surface area contributed by atoms with E-state index in [1.165, 1.54) is 25.9 Å².